The van der Waals surface area contributed by atoms with Crippen LogP contribution >= 0.6 is 0 Å². The molecule has 1 spiro atoms. The summed E-state index contributed by atoms with van der Waals surface area (Å²) in [5.41, 5.74) is 0.479. The Morgan fingerprint density at radius 2 is 1.96 bits per heavy atom. The first-order chi connectivity index (χ1) is 13.6. The Morgan fingerprint density at radius 3 is 2.64 bits per heavy atom. The lowest BCUT2D eigenvalue weighted by atomic mass is 9.78. The Kier molecular flexibility index (Phi) is 5.91. The lowest BCUT2D eigenvalue weighted by Gasteiger charge is -2.37. The predicted molar refractivity (Wildman–Crippen MR) is 107 cm³/mol. The normalized spacial score (nSPS) is 29.4. The van der Waals surface area contributed by atoms with Crippen molar-refractivity contribution < 1.29 is 19.1 Å². The minimum Gasteiger partial charge on any atom is -0.451 e. The van der Waals surface area contributed by atoms with Crippen LogP contribution in [0.2, 0.25) is 0 Å². The molecule has 0 aromatic heterocycles. The highest BCUT2D eigenvalue weighted by molar-refractivity contribution is 6.07. The molecule has 2 aliphatic carbocycles. The number of esters is 1. The van der Waals surface area contributed by atoms with Gasteiger partial charge in [-0.15, -0.1) is 0 Å². The number of hydrogen-bond acceptors (Lipinski definition) is 4. The molecule has 28 heavy (non-hydrogen) atoms. The molecular formula is C23H33NO4. The average molecular weight is 388 g/mol. The summed E-state index contributed by atoms with van der Waals surface area (Å²) < 4.78 is 11.7. The Labute approximate surface area is 168 Å². The van der Waals surface area contributed by atoms with Gasteiger partial charge in [-0.2, -0.15) is 0 Å². The zero-order chi connectivity index (χ0) is 19.6. The van der Waals surface area contributed by atoms with Gasteiger partial charge in [-0.1, -0.05) is 18.6 Å². The summed E-state index contributed by atoms with van der Waals surface area (Å²) in [6.07, 6.45) is 14.6. The molecule has 2 heterocycles. The van der Waals surface area contributed by atoms with Gasteiger partial charge in [-0.05, 0) is 70.6 Å². The molecule has 1 saturated carbocycles. The van der Waals surface area contributed by atoms with Gasteiger partial charge in [-0.25, -0.2) is 4.79 Å². The van der Waals surface area contributed by atoms with Gasteiger partial charge in [0.2, 0.25) is 0 Å². The van der Waals surface area contributed by atoms with Crippen molar-refractivity contribution in [3.63, 3.8) is 0 Å². The van der Waals surface area contributed by atoms with E-state index >= 15 is 0 Å². The maximum Gasteiger partial charge on any atom is 0.335 e. The second-order valence-corrected chi connectivity index (χ2v) is 8.94. The van der Waals surface area contributed by atoms with E-state index < -0.39 is 5.60 Å². The maximum atomic E-state index is 13.8. The predicted octanol–water partition coefficient (Wildman–Crippen LogP) is 3.93. The summed E-state index contributed by atoms with van der Waals surface area (Å²) in [7, 11) is 0. The molecule has 2 unspecified atom stereocenters. The van der Waals surface area contributed by atoms with Gasteiger partial charge in [0.1, 0.15) is 5.60 Å². The molecule has 5 nitrogen and oxygen atoms in total. The Hall–Kier alpha value is -1.62. The number of hydrogen-bond donors (Lipinski definition) is 0. The third-order valence-corrected chi connectivity index (χ3v) is 6.89. The number of nitrogens with zero attached hydrogens (tertiary/aromatic N) is 1. The minimum absolute atomic E-state index is 0.00954. The van der Waals surface area contributed by atoms with Gasteiger partial charge in [0, 0.05) is 25.3 Å². The Balaban J connectivity index is 1.58. The van der Waals surface area contributed by atoms with Crippen LogP contribution in [0.4, 0.5) is 0 Å². The summed E-state index contributed by atoms with van der Waals surface area (Å²) in [6, 6.07) is 0. The number of allylic oxidation sites excluding steroid dienone is 2. The van der Waals surface area contributed by atoms with Crippen molar-refractivity contribution >= 4 is 11.9 Å². The highest BCUT2D eigenvalue weighted by Crippen LogP contribution is 2.44. The summed E-state index contributed by atoms with van der Waals surface area (Å²) in [6.45, 7) is 3.92. The van der Waals surface area contributed by atoms with E-state index in [2.05, 4.69) is 12.2 Å². The van der Waals surface area contributed by atoms with Crippen molar-refractivity contribution in [3.05, 3.63) is 23.3 Å². The van der Waals surface area contributed by atoms with Crippen LogP contribution in [0.3, 0.4) is 0 Å². The Bertz CT molecular complexity index is 668. The van der Waals surface area contributed by atoms with E-state index in [0.29, 0.717) is 23.6 Å². The molecular weight excluding hydrogens is 354 g/mol. The van der Waals surface area contributed by atoms with Crippen molar-refractivity contribution in [1.29, 1.82) is 0 Å². The van der Waals surface area contributed by atoms with E-state index in [0.717, 1.165) is 77.4 Å². The SMILES string of the molecule is CC1=C(C(=O)N(CC2CC=CCC2)CC2CCCO2)C2(CCCCC2)OC1=O. The average Bonchev–Trinajstić information content (AvgIpc) is 3.29. The number of ether oxygens (including phenoxy) is 2. The van der Waals surface area contributed by atoms with Crippen molar-refractivity contribution in [2.75, 3.05) is 19.7 Å². The van der Waals surface area contributed by atoms with Crippen molar-refractivity contribution in [2.24, 2.45) is 5.92 Å². The van der Waals surface area contributed by atoms with Gasteiger partial charge < -0.3 is 14.4 Å². The quantitative estimate of drug-likeness (QED) is 0.530. The summed E-state index contributed by atoms with van der Waals surface area (Å²) >= 11 is 0. The zero-order valence-corrected chi connectivity index (χ0v) is 17.1. The van der Waals surface area contributed by atoms with Crippen LogP contribution < -0.4 is 0 Å². The summed E-state index contributed by atoms with van der Waals surface area (Å²) in [5, 5.41) is 0. The fourth-order valence-electron chi connectivity index (χ4n) is 5.35. The summed E-state index contributed by atoms with van der Waals surface area (Å²) in [4.78, 5) is 28.2. The smallest absolute Gasteiger partial charge is 0.335 e. The monoisotopic (exact) mass is 387 g/mol. The van der Waals surface area contributed by atoms with Gasteiger partial charge >= 0.3 is 5.97 Å². The van der Waals surface area contributed by atoms with E-state index in [4.69, 9.17) is 9.47 Å². The second kappa shape index (κ2) is 8.40. The second-order valence-electron chi connectivity index (χ2n) is 8.94. The van der Waals surface area contributed by atoms with Crippen LogP contribution in [0, 0.1) is 5.92 Å². The molecule has 0 aromatic rings. The van der Waals surface area contributed by atoms with Crippen molar-refractivity contribution in [2.45, 2.75) is 82.8 Å². The topological polar surface area (TPSA) is 55.8 Å². The molecule has 5 heteroatoms. The van der Waals surface area contributed by atoms with Crippen LogP contribution in [0.25, 0.3) is 0 Å². The fourth-order valence-corrected chi connectivity index (χ4v) is 5.35. The van der Waals surface area contributed by atoms with Crippen LogP contribution in [-0.2, 0) is 19.1 Å². The van der Waals surface area contributed by atoms with E-state index in [1.807, 2.05) is 4.90 Å². The first-order valence-electron chi connectivity index (χ1n) is 11.1. The molecule has 1 amide bonds. The zero-order valence-electron chi connectivity index (χ0n) is 17.1. The van der Waals surface area contributed by atoms with Gasteiger partial charge in [0.05, 0.1) is 11.7 Å². The Morgan fingerprint density at radius 1 is 1.14 bits per heavy atom. The molecule has 0 bridgehead atoms. The molecule has 2 atom stereocenters. The third kappa shape index (κ3) is 3.91. The lowest BCUT2D eigenvalue weighted by Crippen LogP contribution is -2.46. The largest absolute Gasteiger partial charge is 0.451 e. The molecule has 2 fully saturated rings. The van der Waals surface area contributed by atoms with E-state index in [9.17, 15) is 9.59 Å². The van der Waals surface area contributed by atoms with Gasteiger partial charge in [-0.3, -0.25) is 4.79 Å². The molecule has 4 rings (SSSR count). The first-order valence-corrected chi connectivity index (χ1v) is 11.1. The number of rotatable bonds is 5. The highest BCUT2D eigenvalue weighted by atomic mass is 16.6. The fraction of sp³-hybridized carbons (Fsp3) is 0.739. The van der Waals surface area contributed by atoms with Gasteiger partial charge in [0.25, 0.3) is 5.91 Å². The van der Waals surface area contributed by atoms with Crippen molar-refractivity contribution in [3.8, 4) is 0 Å². The molecule has 4 aliphatic rings. The maximum absolute atomic E-state index is 13.8. The number of carbonyl (C=O) groups is 2. The van der Waals surface area contributed by atoms with E-state index in [1.54, 1.807) is 6.92 Å². The molecule has 1 saturated heterocycles. The van der Waals surface area contributed by atoms with Crippen LogP contribution in [0.1, 0.15) is 71.1 Å². The van der Waals surface area contributed by atoms with Crippen LogP contribution in [0.5, 0.6) is 0 Å². The third-order valence-electron chi connectivity index (χ3n) is 6.89. The molecule has 154 valence electrons. The van der Waals surface area contributed by atoms with Gasteiger partial charge in [0.15, 0.2) is 0 Å². The minimum atomic E-state index is -0.683. The molecule has 0 aromatic carbocycles. The van der Waals surface area contributed by atoms with Crippen molar-refractivity contribution in [1.82, 2.24) is 4.90 Å². The first kappa shape index (κ1) is 19.7. The molecule has 0 radical (unpaired) electrons. The number of amides is 1. The summed E-state index contributed by atoms with van der Waals surface area (Å²) in [5.74, 6) is 0.190. The van der Waals surface area contributed by atoms with E-state index in [-0.39, 0.29) is 18.0 Å². The lowest BCUT2D eigenvalue weighted by molar-refractivity contribution is -0.150. The molecule has 2 aliphatic heterocycles. The van der Waals surface area contributed by atoms with Crippen LogP contribution in [-0.4, -0.2) is 48.2 Å². The molecule has 0 N–H and O–H groups in total. The highest BCUT2D eigenvalue weighted by Gasteiger charge is 2.50. The van der Waals surface area contributed by atoms with Crippen LogP contribution in [0.15, 0.2) is 23.3 Å². The number of carbonyl (C=O) groups excluding carboxylic acids is 2. The van der Waals surface area contributed by atoms with E-state index in [1.165, 1.54) is 0 Å². The standard InChI is InChI=1S/C23H33NO4/c1-17-20(23(28-22(17)26)12-6-3-7-13-23)21(25)24(16-19-11-8-14-27-19)15-18-9-4-2-5-10-18/h2,4,18-19H,3,5-16H2,1H3.